The lowest BCUT2D eigenvalue weighted by atomic mass is 10.2. The molecule has 1 N–H and O–H groups in total. The molecule has 0 saturated carbocycles. The van der Waals surface area contributed by atoms with Gasteiger partial charge in [-0.1, -0.05) is 0 Å². The van der Waals surface area contributed by atoms with Gasteiger partial charge in [-0.05, 0) is 13.8 Å². The molecule has 2 rings (SSSR count). The molecule has 0 fully saturated rings. The number of likely N-dealkylation sites (N-methyl/N-ethyl adjacent to an activating group) is 1. The van der Waals surface area contributed by atoms with Crippen LogP contribution < -0.4 is 5.48 Å². The molecular weight excluding hydrogens is 301 g/mol. The molecule has 1 aliphatic heterocycles. The van der Waals surface area contributed by atoms with E-state index in [0.717, 1.165) is 17.8 Å². The second-order valence-corrected chi connectivity index (χ2v) is 4.78. The Morgan fingerprint density at radius 3 is 2.73 bits per heavy atom. The van der Waals surface area contributed by atoms with Gasteiger partial charge in [0, 0.05) is 18.8 Å². The minimum absolute atomic E-state index is 0.111. The summed E-state index contributed by atoms with van der Waals surface area (Å²) in [5.74, 6) is -0.460. The third-order valence-electron chi connectivity index (χ3n) is 3.39. The maximum Gasteiger partial charge on any atom is 0.410 e. The van der Waals surface area contributed by atoms with E-state index >= 15 is 0 Å². The molecule has 120 valence electrons. The zero-order valence-electron chi connectivity index (χ0n) is 12.2. The summed E-state index contributed by atoms with van der Waals surface area (Å²) >= 11 is 0. The second kappa shape index (κ2) is 5.74. The fourth-order valence-corrected chi connectivity index (χ4v) is 1.95. The van der Waals surface area contributed by atoms with Gasteiger partial charge in [-0.25, -0.2) is 5.48 Å². The molecule has 0 aromatic carbocycles. The maximum atomic E-state index is 12.8. The first kappa shape index (κ1) is 15.9. The van der Waals surface area contributed by atoms with Crippen molar-refractivity contribution < 1.29 is 22.8 Å². The van der Waals surface area contributed by atoms with Crippen LogP contribution in [0.15, 0.2) is 30.4 Å². The summed E-state index contributed by atoms with van der Waals surface area (Å²) in [7, 11) is 1.51. The topological polar surface area (TPSA) is 59.4 Å². The molecule has 0 bridgehead atoms. The van der Waals surface area contributed by atoms with Gasteiger partial charge in [0.1, 0.15) is 12.3 Å². The number of hydrogen-bond acceptors (Lipinski definition) is 4. The van der Waals surface area contributed by atoms with Crippen molar-refractivity contribution in [1.82, 2.24) is 20.2 Å². The highest BCUT2D eigenvalue weighted by molar-refractivity contribution is 5.96. The van der Waals surface area contributed by atoms with Crippen molar-refractivity contribution in [2.24, 2.45) is 0 Å². The number of amides is 1. The molecule has 2 heterocycles. The van der Waals surface area contributed by atoms with Gasteiger partial charge >= 0.3 is 6.18 Å². The van der Waals surface area contributed by atoms with Crippen LogP contribution in [0, 0.1) is 6.92 Å². The quantitative estimate of drug-likeness (QED) is 0.929. The van der Waals surface area contributed by atoms with E-state index in [1.807, 2.05) is 0 Å². The van der Waals surface area contributed by atoms with Crippen molar-refractivity contribution in [1.29, 1.82) is 0 Å². The van der Waals surface area contributed by atoms with E-state index in [2.05, 4.69) is 10.6 Å². The van der Waals surface area contributed by atoms with Crippen molar-refractivity contribution in [2.45, 2.75) is 26.1 Å². The van der Waals surface area contributed by atoms with Crippen molar-refractivity contribution in [3.05, 3.63) is 41.7 Å². The van der Waals surface area contributed by atoms with Gasteiger partial charge in [0.05, 0.1) is 23.7 Å². The molecule has 22 heavy (non-hydrogen) atoms. The van der Waals surface area contributed by atoms with Crippen LogP contribution in [0.25, 0.3) is 0 Å². The predicted molar refractivity (Wildman–Crippen MR) is 71.3 cm³/mol. The molecule has 1 unspecified atom stereocenters. The van der Waals surface area contributed by atoms with E-state index < -0.39 is 18.1 Å². The zero-order chi connectivity index (χ0) is 16.5. The Morgan fingerprint density at radius 1 is 1.50 bits per heavy atom. The molecule has 0 radical (unpaired) electrons. The Hall–Kier alpha value is -2.45. The van der Waals surface area contributed by atoms with E-state index in [9.17, 15) is 18.0 Å². The summed E-state index contributed by atoms with van der Waals surface area (Å²) in [5, 5.41) is 3.70. The lowest BCUT2D eigenvalue weighted by Gasteiger charge is -2.21. The standard InChI is InChI=1S/C13H15F3N4O2/c1-8-11(7-17-20(8)9(2)13(14,15)16)12(21)19(3)10-4-5-22-18-6-10/h4-7,9,18H,1-3H3. The largest absolute Gasteiger partial charge is 0.410 e. The number of halogens is 3. The number of alkyl halides is 3. The van der Waals surface area contributed by atoms with Crippen LogP contribution in [0.3, 0.4) is 0 Å². The number of hydrogen-bond donors (Lipinski definition) is 1. The van der Waals surface area contributed by atoms with Crippen LogP contribution in [0.4, 0.5) is 13.2 Å². The van der Waals surface area contributed by atoms with Crippen molar-refractivity contribution in [3.63, 3.8) is 0 Å². The van der Waals surface area contributed by atoms with Gasteiger partial charge in [-0.3, -0.25) is 9.48 Å². The van der Waals surface area contributed by atoms with Crippen LogP contribution in [0.5, 0.6) is 0 Å². The van der Waals surface area contributed by atoms with Crippen LogP contribution in [-0.2, 0) is 4.84 Å². The molecule has 9 heteroatoms. The van der Waals surface area contributed by atoms with E-state index in [-0.39, 0.29) is 11.3 Å². The van der Waals surface area contributed by atoms with Gasteiger partial charge in [0.2, 0.25) is 0 Å². The van der Waals surface area contributed by atoms with Gasteiger partial charge in [0.15, 0.2) is 0 Å². The van der Waals surface area contributed by atoms with Crippen molar-refractivity contribution in [3.8, 4) is 0 Å². The third-order valence-corrected chi connectivity index (χ3v) is 3.39. The number of allylic oxidation sites excluding steroid dienone is 1. The average molecular weight is 316 g/mol. The fourth-order valence-electron chi connectivity index (χ4n) is 1.95. The number of nitrogens with one attached hydrogen (secondary N) is 1. The van der Waals surface area contributed by atoms with Crippen molar-refractivity contribution >= 4 is 5.91 Å². The molecule has 1 aromatic rings. The van der Waals surface area contributed by atoms with Crippen LogP contribution in [0.2, 0.25) is 0 Å². The normalized spacial score (nSPS) is 15.6. The Kier molecular flexibility index (Phi) is 4.16. The second-order valence-electron chi connectivity index (χ2n) is 4.78. The highest BCUT2D eigenvalue weighted by atomic mass is 19.4. The summed E-state index contributed by atoms with van der Waals surface area (Å²) < 4.78 is 39.1. The Morgan fingerprint density at radius 2 is 2.18 bits per heavy atom. The smallest absolute Gasteiger partial charge is 0.390 e. The minimum Gasteiger partial charge on any atom is -0.390 e. The van der Waals surface area contributed by atoms with E-state index in [4.69, 9.17) is 4.84 Å². The van der Waals surface area contributed by atoms with Gasteiger partial charge in [-0.2, -0.15) is 18.3 Å². The maximum absolute atomic E-state index is 12.8. The summed E-state index contributed by atoms with van der Waals surface area (Å²) in [6, 6.07) is -1.80. The highest BCUT2D eigenvalue weighted by Gasteiger charge is 2.39. The van der Waals surface area contributed by atoms with E-state index in [1.54, 1.807) is 6.08 Å². The van der Waals surface area contributed by atoms with Crippen molar-refractivity contribution in [2.75, 3.05) is 7.05 Å². The Bertz CT molecular complexity index is 634. The fraction of sp³-hybridized carbons (Fsp3) is 0.385. The molecule has 0 spiro atoms. The van der Waals surface area contributed by atoms with Gasteiger partial charge < -0.3 is 9.74 Å². The first-order valence-electron chi connectivity index (χ1n) is 6.40. The van der Waals surface area contributed by atoms with Crippen LogP contribution in [-0.4, -0.2) is 33.8 Å². The molecule has 0 aliphatic carbocycles. The molecular formula is C13H15F3N4O2. The zero-order valence-corrected chi connectivity index (χ0v) is 12.2. The lowest BCUT2D eigenvalue weighted by Crippen LogP contribution is -2.29. The number of carbonyl (C=O) groups excluding carboxylic acids is 1. The highest BCUT2D eigenvalue weighted by Crippen LogP contribution is 2.31. The van der Waals surface area contributed by atoms with E-state index in [0.29, 0.717) is 5.70 Å². The van der Waals surface area contributed by atoms with Crippen LogP contribution >= 0.6 is 0 Å². The molecule has 0 saturated heterocycles. The summed E-state index contributed by atoms with van der Waals surface area (Å²) in [6.45, 7) is 2.42. The first-order chi connectivity index (χ1) is 10.2. The Labute approximate surface area is 124 Å². The molecule has 1 aliphatic rings. The minimum atomic E-state index is -4.43. The lowest BCUT2D eigenvalue weighted by molar-refractivity contribution is -0.165. The molecule has 1 atom stereocenters. The molecule has 6 nitrogen and oxygen atoms in total. The number of hydroxylamine groups is 1. The number of carbonyl (C=O) groups is 1. The Balaban J connectivity index is 2.26. The summed E-state index contributed by atoms with van der Waals surface area (Å²) in [6.07, 6.45) is 1.07. The van der Waals surface area contributed by atoms with Crippen LogP contribution in [0.1, 0.15) is 29.0 Å². The third kappa shape index (κ3) is 2.92. The van der Waals surface area contributed by atoms with Gasteiger partial charge in [0.25, 0.3) is 5.91 Å². The molecule has 1 aromatic heterocycles. The van der Waals surface area contributed by atoms with E-state index in [1.165, 1.54) is 31.3 Å². The first-order valence-corrected chi connectivity index (χ1v) is 6.40. The number of aromatic nitrogens is 2. The molecule has 1 amide bonds. The monoisotopic (exact) mass is 316 g/mol. The SMILES string of the molecule is Cc1c(C(=O)N(C)C2=CNOC=C2)cnn1C(C)C(F)(F)F. The number of rotatable bonds is 3. The summed E-state index contributed by atoms with van der Waals surface area (Å²) in [5.41, 5.74) is 3.24. The average Bonchev–Trinajstić information content (AvgIpc) is 2.86. The predicted octanol–water partition coefficient (Wildman–Crippen LogP) is 2.28. The summed E-state index contributed by atoms with van der Waals surface area (Å²) in [4.78, 5) is 18.4. The van der Waals surface area contributed by atoms with Gasteiger partial charge in [-0.15, -0.1) is 0 Å². The number of nitrogens with zero attached hydrogens (tertiary/aromatic N) is 3.